The van der Waals surface area contributed by atoms with Crippen molar-refractivity contribution < 1.29 is 23.9 Å². The fraction of sp³-hybridized carbons (Fsp3) is 0.333. The van der Waals surface area contributed by atoms with Crippen LogP contribution in [0.15, 0.2) is 18.2 Å². The SMILES string of the molecule is Cc1nc(NC(=O)C[C@H]2NC(=O)N(Cc3ccc4c(c3)OCO4)C2=O)sc1C. The molecule has 3 heterocycles. The normalized spacial score (nSPS) is 17.8. The first-order valence-electron chi connectivity index (χ1n) is 8.65. The number of nitrogens with one attached hydrogen (secondary N) is 2. The summed E-state index contributed by atoms with van der Waals surface area (Å²) in [6.07, 6.45) is -0.153. The number of hydrogen-bond donors (Lipinski definition) is 2. The van der Waals surface area contributed by atoms with Gasteiger partial charge in [0.15, 0.2) is 16.6 Å². The molecule has 4 rings (SSSR count). The molecule has 1 aromatic carbocycles. The maximum Gasteiger partial charge on any atom is 0.325 e. The molecule has 2 aliphatic heterocycles. The van der Waals surface area contributed by atoms with E-state index in [1.807, 2.05) is 13.8 Å². The molecule has 2 N–H and O–H groups in total. The van der Waals surface area contributed by atoms with E-state index in [-0.39, 0.29) is 25.7 Å². The Balaban J connectivity index is 1.38. The molecule has 1 fully saturated rings. The zero-order chi connectivity index (χ0) is 19.8. The zero-order valence-corrected chi connectivity index (χ0v) is 16.1. The van der Waals surface area contributed by atoms with Crippen molar-refractivity contribution in [1.29, 1.82) is 0 Å². The summed E-state index contributed by atoms with van der Waals surface area (Å²) in [4.78, 5) is 43.4. The van der Waals surface area contributed by atoms with Crippen molar-refractivity contribution in [3.63, 3.8) is 0 Å². The van der Waals surface area contributed by atoms with Crippen molar-refractivity contribution in [2.75, 3.05) is 12.1 Å². The van der Waals surface area contributed by atoms with Gasteiger partial charge in [-0.15, -0.1) is 11.3 Å². The second kappa shape index (κ2) is 7.12. The number of thiazole rings is 1. The van der Waals surface area contributed by atoms with Gasteiger partial charge in [-0.05, 0) is 31.5 Å². The minimum atomic E-state index is -0.899. The van der Waals surface area contributed by atoms with Gasteiger partial charge in [0.2, 0.25) is 12.7 Å². The number of anilines is 1. The van der Waals surface area contributed by atoms with Gasteiger partial charge in [-0.25, -0.2) is 9.78 Å². The average Bonchev–Trinajstić information content (AvgIpc) is 3.30. The summed E-state index contributed by atoms with van der Waals surface area (Å²) in [6.45, 7) is 4.01. The van der Waals surface area contributed by atoms with Crippen LogP contribution in [-0.4, -0.2) is 40.6 Å². The number of benzene rings is 1. The van der Waals surface area contributed by atoms with E-state index < -0.39 is 18.0 Å². The molecule has 1 saturated heterocycles. The molecular weight excluding hydrogens is 384 g/mol. The highest BCUT2D eigenvalue weighted by Gasteiger charge is 2.39. The predicted molar refractivity (Wildman–Crippen MR) is 100 cm³/mol. The molecular formula is C18H18N4O5S. The summed E-state index contributed by atoms with van der Waals surface area (Å²) in [7, 11) is 0. The molecule has 10 heteroatoms. The fourth-order valence-electron chi connectivity index (χ4n) is 2.97. The van der Waals surface area contributed by atoms with Crippen molar-refractivity contribution in [1.82, 2.24) is 15.2 Å². The molecule has 0 radical (unpaired) electrons. The molecule has 0 bridgehead atoms. The van der Waals surface area contributed by atoms with Crippen LogP contribution in [0.5, 0.6) is 11.5 Å². The van der Waals surface area contributed by atoms with Gasteiger partial charge in [0.25, 0.3) is 5.91 Å². The van der Waals surface area contributed by atoms with E-state index >= 15 is 0 Å². The summed E-state index contributed by atoms with van der Waals surface area (Å²) in [5, 5.41) is 5.72. The number of fused-ring (bicyclic) bond motifs is 1. The molecule has 0 aliphatic carbocycles. The topological polar surface area (TPSA) is 110 Å². The molecule has 4 amide bonds. The van der Waals surface area contributed by atoms with E-state index in [4.69, 9.17) is 9.47 Å². The first kappa shape index (κ1) is 18.2. The summed E-state index contributed by atoms with van der Waals surface area (Å²) in [6, 6.07) is 3.81. The van der Waals surface area contributed by atoms with Crippen molar-refractivity contribution >= 4 is 34.3 Å². The van der Waals surface area contributed by atoms with Gasteiger partial charge in [-0.3, -0.25) is 14.5 Å². The quantitative estimate of drug-likeness (QED) is 0.740. The third-order valence-corrected chi connectivity index (χ3v) is 5.54. The van der Waals surface area contributed by atoms with Crippen LogP contribution in [0.25, 0.3) is 0 Å². The van der Waals surface area contributed by atoms with Crippen LogP contribution in [0.1, 0.15) is 22.6 Å². The van der Waals surface area contributed by atoms with Crippen molar-refractivity contribution in [2.45, 2.75) is 32.9 Å². The van der Waals surface area contributed by atoms with Crippen molar-refractivity contribution in [3.05, 3.63) is 34.3 Å². The van der Waals surface area contributed by atoms with Crippen LogP contribution in [-0.2, 0) is 16.1 Å². The number of rotatable bonds is 5. The second-order valence-electron chi connectivity index (χ2n) is 6.53. The number of nitrogens with zero attached hydrogens (tertiary/aromatic N) is 2. The van der Waals surface area contributed by atoms with E-state index in [1.54, 1.807) is 18.2 Å². The Labute approximate surface area is 164 Å². The summed E-state index contributed by atoms with van der Waals surface area (Å²) < 4.78 is 10.6. The number of amides is 4. The average molecular weight is 402 g/mol. The number of aryl methyl sites for hydroxylation is 2. The summed E-state index contributed by atoms with van der Waals surface area (Å²) in [5.74, 6) is 0.388. The lowest BCUT2D eigenvalue weighted by atomic mass is 10.1. The molecule has 0 unspecified atom stereocenters. The Morgan fingerprint density at radius 3 is 2.86 bits per heavy atom. The summed E-state index contributed by atoms with van der Waals surface area (Å²) >= 11 is 1.37. The number of aromatic nitrogens is 1. The van der Waals surface area contributed by atoms with Crippen LogP contribution < -0.4 is 20.1 Å². The lowest BCUT2D eigenvalue weighted by molar-refractivity contribution is -0.130. The second-order valence-corrected chi connectivity index (χ2v) is 7.73. The Bertz CT molecular complexity index is 953. The largest absolute Gasteiger partial charge is 0.454 e. The summed E-state index contributed by atoms with van der Waals surface area (Å²) in [5.41, 5.74) is 1.58. The third-order valence-electron chi connectivity index (χ3n) is 4.55. The Hall–Kier alpha value is -3.14. The highest BCUT2D eigenvalue weighted by molar-refractivity contribution is 7.15. The minimum Gasteiger partial charge on any atom is -0.454 e. The van der Waals surface area contributed by atoms with Crippen LogP contribution in [0.4, 0.5) is 9.93 Å². The van der Waals surface area contributed by atoms with E-state index in [1.165, 1.54) is 11.3 Å². The number of imide groups is 1. The number of ether oxygens (including phenoxy) is 2. The van der Waals surface area contributed by atoms with Crippen LogP contribution >= 0.6 is 11.3 Å². The standard InChI is InChI=1S/C18H18N4O5S/c1-9-10(2)28-17(19-9)21-15(23)6-12-16(24)22(18(25)20-12)7-11-3-4-13-14(5-11)27-8-26-13/h3-5,12H,6-8H2,1-2H3,(H,20,25)(H,19,21,23)/t12-/m1/s1. The van der Waals surface area contributed by atoms with E-state index in [0.717, 1.165) is 21.0 Å². The lowest BCUT2D eigenvalue weighted by Gasteiger charge is -2.13. The van der Waals surface area contributed by atoms with Crippen molar-refractivity contribution in [2.24, 2.45) is 0 Å². The van der Waals surface area contributed by atoms with E-state index in [0.29, 0.717) is 16.6 Å². The van der Waals surface area contributed by atoms with Gasteiger partial charge < -0.3 is 20.1 Å². The maximum absolute atomic E-state index is 12.6. The lowest BCUT2D eigenvalue weighted by Crippen LogP contribution is -2.34. The molecule has 2 aliphatic rings. The highest BCUT2D eigenvalue weighted by Crippen LogP contribution is 2.33. The molecule has 0 spiro atoms. The number of urea groups is 1. The molecule has 1 atom stereocenters. The van der Waals surface area contributed by atoms with Crippen LogP contribution in [0.2, 0.25) is 0 Å². The van der Waals surface area contributed by atoms with Gasteiger partial charge in [-0.1, -0.05) is 6.07 Å². The first-order chi connectivity index (χ1) is 13.4. The highest BCUT2D eigenvalue weighted by atomic mass is 32.1. The van der Waals surface area contributed by atoms with Gasteiger partial charge in [0, 0.05) is 4.88 Å². The van der Waals surface area contributed by atoms with E-state index in [9.17, 15) is 14.4 Å². The van der Waals surface area contributed by atoms with E-state index in [2.05, 4.69) is 15.6 Å². The van der Waals surface area contributed by atoms with Crippen molar-refractivity contribution in [3.8, 4) is 11.5 Å². The Morgan fingerprint density at radius 1 is 1.32 bits per heavy atom. The number of carbonyl (C=O) groups excluding carboxylic acids is 3. The Morgan fingerprint density at radius 2 is 2.11 bits per heavy atom. The monoisotopic (exact) mass is 402 g/mol. The molecule has 28 heavy (non-hydrogen) atoms. The molecule has 2 aromatic rings. The minimum absolute atomic E-state index is 0.0876. The molecule has 0 saturated carbocycles. The zero-order valence-electron chi connectivity index (χ0n) is 15.3. The van der Waals surface area contributed by atoms with Gasteiger partial charge >= 0.3 is 6.03 Å². The van der Waals surface area contributed by atoms with Gasteiger partial charge in [0.1, 0.15) is 6.04 Å². The maximum atomic E-state index is 12.6. The molecule has 1 aromatic heterocycles. The molecule has 146 valence electrons. The smallest absolute Gasteiger partial charge is 0.325 e. The van der Waals surface area contributed by atoms with Gasteiger partial charge in [0.05, 0.1) is 18.7 Å². The molecule has 9 nitrogen and oxygen atoms in total. The number of hydrogen-bond acceptors (Lipinski definition) is 7. The first-order valence-corrected chi connectivity index (χ1v) is 9.46. The predicted octanol–water partition coefficient (Wildman–Crippen LogP) is 1.94. The van der Waals surface area contributed by atoms with Crippen LogP contribution in [0, 0.1) is 13.8 Å². The van der Waals surface area contributed by atoms with Gasteiger partial charge in [-0.2, -0.15) is 0 Å². The number of carbonyl (C=O) groups is 3. The fourth-order valence-corrected chi connectivity index (χ4v) is 3.80. The Kier molecular flexibility index (Phi) is 4.63. The van der Waals surface area contributed by atoms with Crippen LogP contribution in [0.3, 0.4) is 0 Å². The third kappa shape index (κ3) is 3.50.